The SMILES string of the molecule is COc1cccc(OC(=O)C(=O)OOC(C)(C)C)c1. The Morgan fingerprint density at radius 3 is 2.26 bits per heavy atom. The highest BCUT2D eigenvalue weighted by atomic mass is 17.2. The molecule has 19 heavy (non-hydrogen) atoms. The van der Waals surface area contributed by atoms with Gasteiger partial charge in [0.15, 0.2) is 0 Å². The summed E-state index contributed by atoms with van der Waals surface area (Å²) in [5.41, 5.74) is -0.702. The molecule has 0 aliphatic heterocycles. The van der Waals surface area contributed by atoms with Gasteiger partial charge in [0.25, 0.3) is 0 Å². The van der Waals surface area contributed by atoms with Crippen molar-refractivity contribution in [1.29, 1.82) is 0 Å². The summed E-state index contributed by atoms with van der Waals surface area (Å²) in [5.74, 6) is -1.71. The van der Waals surface area contributed by atoms with Crippen LogP contribution in [0.5, 0.6) is 11.5 Å². The highest BCUT2D eigenvalue weighted by molar-refractivity contribution is 6.30. The summed E-state index contributed by atoms with van der Waals surface area (Å²) in [6.45, 7) is 5.02. The summed E-state index contributed by atoms with van der Waals surface area (Å²) in [6, 6.07) is 6.28. The summed E-state index contributed by atoms with van der Waals surface area (Å²) in [6.07, 6.45) is 0. The fraction of sp³-hybridized carbons (Fsp3) is 0.385. The van der Waals surface area contributed by atoms with Gasteiger partial charge < -0.3 is 9.47 Å². The second kappa shape index (κ2) is 6.19. The van der Waals surface area contributed by atoms with E-state index in [2.05, 4.69) is 4.89 Å². The van der Waals surface area contributed by atoms with E-state index >= 15 is 0 Å². The maximum absolute atomic E-state index is 11.4. The summed E-state index contributed by atoms with van der Waals surface area (Å²) >= 11 is 0. The van der Waals surface area contributed by atoms with E-state index in [1.807, 2.05) is 0 Å². The molecule has 0 saturated heterocycles. The van der Waals surface area contributed by atoms with Gasteiger partial charge in [-0.3, -0.25) is 4.89 Å². The normalized spacial score (nSPS) is 10.7. The van der Waals surface area contributed by atoms with E-state index in [1.165, 1.54) is 19.2 Å². The molecule has 0 saturated carbocycles. The molecule has 6 nitrogen and oxygen atoms in total. The maximum Gasteiger partial charge on any atom is 0.450 e. The van der Waals surface area contributed by atoms with Crippen molar-refractivity contribution in [2.45, 2.75) is 26.4 Å². The molecule has 104 valence electrons. The van der Waals surface area contributed by atoms with Crippen LogP contribution in [0, 0.1) is 0 Å². The average Bonchev–Trinajstić information content (AvgIpc) is 2.35. The van der Waals surface area contributed by atoms with Gasteiger partial charge in [0.1, 0.15) is 17.1 Å². The van der Waals surface area contributed by atoms with E-state index in [1.54, 1.807) is 32.9 Å². The van der Waals surface area contributed by atoms with E-state index in [-0.39, 0.29) is 5.75 Å². The van der Waals surface area contributed by atoms with Crippen LogP contribution in [-0.4, -0.2) is 24.6 Å². The van der Waals surface area contributed by atoms with Crippen molar-refractivity contribution in [2.75, 3.05) is 7.11 Å². The first-order valence-corrected chi connectivity index (χ1v) is 5.58. The molecule has 0 aromatic heterocycles. The molecule has 1 rings (SSSR count). The Hall–Kier alpha value is -2.08. The Morgan fingerprint density at radius 1 is 1.05 bits per heavy atom. The monoisotopic (exact) mass is 268 g/mol. The van der Waals surface area contributed by atoms with Gasteiger partial charge in [-0.2, -0.15) is 4.89 Å². The maximum atomic E-state index is 11.4. The Morgan fingerprint density at radius 2 is 1.68 bits per heavy atom. The highest BCUT2D eigenvalue weighted by Gasteiger charge is 2.23. The van der Waals surface area contributed by atoms with Gasteiger partial charge in [0.05, 0.1) is 7.11 Å². The number of carbonyl (C=O) groups excluding carboxylic acids is 2. The van der Waals surface area contributed by atoms with Crippen LogP contribution in [0.1, 0.15) is 20.8 Å². The number of hydrogen-bond acceptors (Lipinski definition) is 6. The van der Waals surface area contributed by atoms with Crippen LogP contribution in [0.4, 0.5) is 0 Å². The third kappa shape index (κ3) is 5.39. The van der Waals surface area contributed by atoms with Crippen molar-refractivity contribution < 1.29 is 28.8 Å². The zero-order valence-corrected chi connectivity index (χ0v) is 11.3. The molecule has 0 N–H and O–H groups in total. The minimum atomic E-state index is -1.22. The lowest BCUT2D eigenvalue weighted by Gasteiger charge is -2.15. The second-order valence-corrected chi connectivity index (χ2v) is 4.63. The minimum Gasteiger partial charge on any atom is -0.497 e. The number of carbonyl (C=O) groups is 2. The number of rotatable bonds is 3. The second-order valence-electron chi connectivity index (χ2n) is 4.63. The first kappa shape index (κ1) is 15.0. The van der Waals surface area contributed by atoms with E-state index in [0.717, 1.165) is 0 Å². The van der Waals surface area contributed by atoms with Gasteiger partial charge >= 0.3 is 11.9 Å². The summed E-state index contributed by atoms with van der Waals surface area (Å²) in [4.78, 5) is 31.8. The zero-order valence-electron chi connectivity index (χ0n) is 11.3. The van der Waals surface area contributed by atoms with Crippen molar-refractivity contribution in [1.82, 2.24) is 0 Å². The molecule has 0 spiro atoms. The van der Waals surface area contributed by atoms with Gasteiger partial charge in [0, 0.05) is 6.07 Å². The van der Waals surface area contributed by atoms with Crippen molar-refractivity contribution in [3.8, 4) is 11.5 Å². The Balaban J connectivity index is 2.56. The van der Waals surface area contributed by atoms with E-state index in [0.29, 0.717) is 5.75 Å². The van der Waals surface area contributed by atoms with Gasteiger partial charge in [-0.05, 0) is 32.9 Å². The van der Waals surface area contributed by atoms with Crippen molar-refractivity contribution in [3.63, 3.8) is 0 Å². The molecular formula is C13H16O6. The van der Waals surface area contributed by atoms with Crippen LogP contribution in [-0.2, 0) is 19.4 Å². The molecule has 6 heteroatoms. The lowest BCUT2D eigenvalue weighted by atomic mass is 10.2. The third-order valence-electron chi connectivity index (χ3n) is 1.79. The lowest BCUT2D eigenvalue weighted by Crippen LogP contribution is -2.28. The molecule has 1 aromatic rings. The fourth-order valence-electron chi connectivity index (χ4n) is 1.01. The van der Waals surface area contributed by atoms with Crippen LogP contribution < -0.4 is 9.47 Å². The molecule has 0 aliphatic carbocycles. The smallest absolute Gasteiger partial charge is 0.450 e. The van der Waals surface area contributed by atoms with Gasteiger partial charge in [-0.1, -0.05) is 6.07 Å². The van der Waals surface area contributed by atoms with Crippen LogP contribution in [0.25, 0.3) is 0 Å². The van der Waals surface area contributed by atoms with Gasteiger partial charge in [-0.25, -0.2) is 9.59 Å². The summed E-state index contributed by atoms with van der Waals surface area (Å²) in [7, 11) is 1.48. The first-order chi connectivity index (χ1) is 8.81. The molecule has 0 radical (unpaired) electrons. The number of benzene rings is 1. The molecule has 0 fully saturated rings. The third-order valence-corrected chi connectivity index (χ3v) is 1.79. The number of esters is 1. The van der Waals surface area contributed by atoms with E-state index in [9.17, 15) is 9.59 Å². The van der Waals surface area contributed by atoms with Crippen LogP contribution in [0.15, 0.2) is 24.3 Å². The quantitative estimate of drug-likeness (QED) is 0.274. The van der Waals surface area contributed by atoms with Crippen LogP contribution in [0.2, 0.25) is 0 Å². The Labute approximate surface area is 111 Å². The number of ether oxygens (including phenoxy) is 2. The molecular weight excluding hydrogens is 252 g/mol. The minimum absolute atomic E-state index is 0.178. The van der Waals surface area contributed by atoms with Crippen molar-refractivity contribution in [3.05, 3.63) is 24.3 Å². The lowest BCUT2D eigenvalue weighted by molar-refractivity contribution is -0.318. The predicted molar refractivity (Wildman–Crippen MR) is 65.6 cm³/mol. The predicted octanol–water partition coefficient (Wildman–Crippen LogP) is 1.87. The van der Waals surface area contributed by atoms with E-state index in [4.69, 9.17) is 14.4 Å². The summed E-state index contributed by atoms with van der Waals surface area (Å²) in [5, 5.41) is 0. The van der Waals surface area contributed by atoms with Gasteiger partial charge in [0.2, 0.25) is 0 Å². The Kier molecular flexibility index (Phi) is 4.88. The molecule has 0 heterocycles. The molecule has 0 aliphatic rings. The van der Waals surface area contributed by atoms with Crippen LogP contribution >= 0.6 is 0 Å². The number of methoxy groups -OCH3 is 1. The molecule has 0 bridgehead atoms. The van der Waals surface area contributed by atoms with Crippen molar-refractivity contribution in [2.24, 2.45) is 0 Å². The van der Waals surface area contributed by atoms with Gasteiger partial charge in [-0.15, -0.1) is 0 Å². The average molecular weight is 268 g/mol. The Bertz CT molecular complexity index is 460. The highest BCUT2D eigenvalue weighted by Crippen LogP contribution is 2.19. The topological polar surface area (TPSA) is 71.1 Å². The first-order valence-electron chi connectivity index (χ1n) is 5.58. The fourth-order valence-corrected chi connectivity index (χ4v) is 1.01. The van der Waals surface area contributed by atoms with E-state index < -0.39 is 17.5 Å². The van der Waals surface area contributed by atoms with Crippen molar-refractivity contribution >= 4 is 11.9 Å². The standard InChI is InChI=1S/C13H16O6/c1-13(2,3)19-18-12(15)11(14)17-10-7-5-6-9(8-10)16-4/h5-8H,1-4H3. The largest absolute Gasteiger partial charge is 0.497 e. The molecule has 1 aromatic carbocycles. The zero-order chi connectivity index (χ0) is 14.5. The molecule has 0 amide bonds. The number of hydrogen-bond donors (Lipinski definition) is 0. The molecule has 0 unspecified atom stereocenters. The summed E-state index contributed by atoms with van der Waals surface area (Å²) < 4.78 is 9.77. The van der Waals surface area contributed by atoms with Crippen LogP contribution in [0.3, 0.4) is 0 Å². The molecule has 0 atom stereocenters.